The van der Waals surface area contributed by atoms with Gasteiger partial charge >= 0.3 is 6.03 Å². The summed E-state index contributed by atoms with van der Waals surface area (Å²) < 4.78 is 0. The molecule has 0 heterocycles. The van der Waals surface area contributed by atoms with Gasteiger partial charge < -0.3 is 16.0 Å². The van der Waals surface area contributed by atoms with Crippen LogP contribution < -0.4 is 16.0 Å². The van der Waals surface area contributed by atoms with Crippen LogP contribution in [0.25, 0.3) is 0 Å². The second-order valence-electron chi connectivity index (χ2n) is 6.18. The molecule has 0 aromatic heterocycles. The third kappa shape index (κ3) is 4.59. The molecular weight excluding hydrogens is 302 g/mol. The summed E-state index contributed by atoms with van der Waals surface area (Å²) in [6.07, 6.45) is 0.725. The van der Waals surface area contributed by atoms with E-state index in [0.717, 1.165) is 6.42 Å². The fraction of sp³-hybridized carbons (Fsp3) is 0.263. The van der Waals surface area contributed by atoms with Crippen LogP contribution in [-0.4, -0.2) is 11.9 Å². The summed E-state index contributed by atoms with van der Waals surface area (Å²) in [5, 5.41) is 8.41. The summed E-state index contributed by atoms with van der Waals surface area (Å²) >= 11 is 0. The number of nitrogens with one attached hydrogen (secondary N) is 3. The Kier molecular flexibility index (Phi) is 5.58. The van der Waals surface area contributed by atoms with Gasteiger partial charge in [-0.1, -0.05) is 51.1 Å². The second-order valence-corrected chi connectivity index (χ2v) is 6.18. The normalized spacial score (nSPS) is 10.8. The molecule has 0 radical (unpaired) electrons. The molecule has 5 heteroatoms. The fourth-order valence-electron chi connectivity index (χ4n) is 1.96. The molecule has 0 fully saturated rings. The van der Waals surface area contributed by atoms with Crippen LogP contribution in [0.1, 0.15) is 27.2 Å². The van der Waals surface area contributed by atoms with Gasteiger partial charge in [-0.2, -0.15) is 0 Å². The molecule has 5 nitrogen and oxygen atoms in total. The Morgan fingerprint density at radius 1 is 0.833 bits per heavy atom. The molecule has 24 heavy (non-hydrogen) atoms. The molecule has 0 atom stereocenters. The zero-order chi connectivity index (χ0) is 17.6. The van der Waals surface area contributed by atoms with Crippen molar-refractivity contribution in [3.63, 3.8) is 0 Å². The number of urea groups is 1. The lowest BCUT2D eigenvalue weighted by Crippen LogP contribution is -2.30. The maximum Gasteiger partial charge on any atom is 0.323 e. The number of hydrogen-bond acceptors (Lipinski definition) is 2. The predicted octanol–water partition coefficient (Wildman–Crippen LogP) is 4.71. The van der Waals surface area contributed by atoms with Crippen molar-refractivity contribution in [1.29, 1.82) is 0 Å². The van der Waals surface area contributed by atoms with Gasteiger partial charge in [0.25, 0.3) is 0 Å². The van der Waals surface area contributed by atoms with Gasteiger partial charge in [0.15, 0.2) is 0 Å². The first-order valence-corrected chi connectivity index (χ1v) is 7.96. The first-order chi connectivity index (χ1) is 11.4. The van der Waals surface area contributed by atoms with E-state index < -0.39 is 5.41 Å². The standard InChI is InChI=1S/C19H23N3O2/c1-4-19(2,3)17(23)21-15-12-8-9-13-16(15)22-18(24)20-14-10-6-5-7-11-14/h5-13H,4H2,1-3H3,(H,21,23)(H2,20,22,24). The van der Waals surface area contributed by atoms with Crippen molar-refractivity contribution in [3.8, 4) is 0 Å². The highest BCUT2D eigenvalue weighted by atomic mass is 16.2. The molecule has 0 unspecified atom stereocenters. The summed E-state index contributed by atoms with van der Waals surface area (Å²) in [5.74, 6) is -0.0808. The van der Waals surface area contributed by atoms with Crippen molar-refractivity contribution in [2.45, 2.75) is 27.2 Å². The maximum absolute atomic E-state index is 12.4. The first kappa shape index (κ1) is 17.5. The van der Waals surface area contributed by atoms with Gasteiger partial charge in [-0.3, -0.25) is 4.79 Å². The molecule has 0 aliphatic heterocycles. The number of hydrogen-bond donors (Lipinski definition) is 3. The highest BCUT2D eigenvalue weighted by Gasteiger charge is 2.25. The van der Waals surface area contributed by atoms with Crippen LogP contribution in [0.4, 0.5) is 21.9 Å². The molecule has 3 amide bonds. The molecule has 2 rings (SSSR count). The smallest absolute Gasteiger partial charge is 0.323 e. The number of carbonyl (C=O) groups excluding carboxylic acids is 2. The predicted molar refractivity (Wildman–Crippen MR) is 98.2 cm³/mol. The molecule has 0 saturated heterocycles. The number of amides is 3. The van der Waals surface area contributed by atoms with Crippen molar-refractivity contribution < 1.29 is 9.59 Å². The largest absolute Gasteiger partial charge is 0.324 e. The second kappa shape index (κ2) is 7.64. The molecule has 0 bridgehead atoms. The summed E-state index contributed by atoms with van der Waals surface area (Å²) in [5.41, 5.74) is 1.35. The van der Waals surface area contributed by atoms with Crippen LogP contribution in [0.15, 0.2) is 54.6 Å². The van der Waals surface area contributed by atoms with Gasteiger partial charge in [0, 0.05) is 11.1 Å². The van der Waals surface area contributed by atoms with Crippen molar-refractivity contribution >= 4 is 29.0 Å². The monoisotopic (exact) mass is 325 g/mol. The van der Waals surface area contributed by atoms with Gasteiger partial charge in [-0.15, -0.1) is 0 Å². The Morgan fingerprint density at radius 2 is 1.38 bits per heavy atom. The van der Waals surface area contributed by atoms with E-state index in [-0.39, 0.29) is 11.9 Å². The maximum atomic E-state index is 12.4. The van der Waals surface area contributed by atoms with Gasteiger partial charge in [-0.05, 0) is 30.7 Å². The Bertz CT molecular complexity index is 712. The van der Waals surface area contributed by atoms with Crippen molar-refractivity contribution in [2.24, 2.45) is 5.41 Å². The molecule has 3 N–H and O–H groups in total. The fourth-order valence-corrected chi connectivity index (χ4v) is 1.96. The van der Waals surface area contributed by atoms with Crippen LogP contribution in [0, 0.1) is 5.41 Å². The average Bonchev–Trinajstić information content (AvgIpc) is 2.57. The number of carbonyl (C=O) groups is 2. The van der Waals surface area contributed by atoms with E-state index in [2.05, 4.69) is 16.0 Å². The summed E-state index contributed by atoms with van der Waals surface area (Å²) in [6.45, 7) is 5.75. The van der Waals surface area contributed by atoms with Gasteiger partial charge in [0.1, 0.15) is 0 Å². The Hall–Kier alpha value is -2.82. The minimum absolute atomic E-state index is 0.0808. The third-order valence-electron chi connectivity index (χ3n) is 3.95. The number of benzene rings is 2. The minimum Gasteiger partial charge on any atom is -0.324 e. The highest BCUT2D eigenvalue weighted by molar-refractivity contribution is 6.04. The van der Waals surface area contributed by atoms with Crippen LogP contribution in [-0.2, 0) is 4.79 Å². The van der Waals surface area contributed by atoms with Crippen molar-refractivity contribution in [2.75, 3.05) is 16.0 Å². The zero-order valence-corrected chi connectivity index (χ0v) is 14.2. The number of rotatable bonds is 5. The van der Waals surface area contributed by atoms with Gasteiger partial charge in [0.05, 0.1) is 11.4 Å². The van der Waals surface area contributed by atoms with E-state index in [1.54, 1.807) is 30.3 Å². The molecule has 0 saturated carbocycles. The summed E-state index contributed by atoms with van der Waals surface area (Å²) in [4.78, 5) is 24.5. The Labute approximate surface area is 142 Å². The summed E-state index contributed by atoms with van der Waals surface area (Å²) in [6, 6.07) is 15.9. The molecular formula is C19H23N3O2. The molecule has 0 spiro atoms. The van der Waals surface area contributed by atoms with Crippen molar-refractivity contribution in [3.05, 3.63) is 54.6 Å². The lowest BCUT2D eigenvalue weighted by atomic mass is 9.89. The SMILES string of the molecule is CCC(C)(C)C(=O)Nc1ccccc1NC(=O)Nc1ccccc1. The quantitative estimate of drug-likeness (QED) is 0.745. The van der Waals surface area contributed by atoms with Crippen LogP contribution >= 0.6 is 0 Å². The number of anilines is 3. The summed E-state index contributed by atoms with van der Waals surface area (Å²) in [7, 11) is 0. The van der Waals surface area contributed by atoms with E-state index in [0.29, 0.717) is 17.1 Å². The van der Waals surface area contributed by atoms with E-state index in [9.17, 15) is 9.59 Å². The highest BCUT2D eigenvalue weighted by Crippen LogP contribution is 2.26. The average molecular weight is 325 g/mol. The molecule has 126 valence electrons. The van der Waals surface area contributed by atoms with Crippen molar-refractivity contribution in [1.82, 2.24) is 0 Å². The minimum atomic E-state index is -0.473. The lowest BCUT2D eigenvalue weighted by molar-refractivity contribution is -0.124. The first-order valence-electron chi connectivity index (χ1n) is 7.96. The van der Waals surface area contributed by atoms with E-state index in [1.807, 2.05) is 45.0 Å². The lowest BCUT2D eigenvalue weighted by Gasteiger charge is -2.22. The van der Waals surface area contributed by atoms with Crippen LogP contribution in [0.3, 0.4) is 0 Å². The molecule has 0 aliphatic rings. The molecule has 2 aromatic carbocycles. The number of para-hydroxylation sites is 3. The zero-order valence-electron chi connectivity index (χ0n) is 14.2. The molecule has 0 aliphatic carbocycles. The Morgan fingerprint density at radius 3 is 1.96 bits per heavy atom. The van der Waals surface area contributed by atoms with Gasteiger partial charge in [0.2, 0.25) is 5.91 Å². The third-order valence-corrected chi connectivity index (χ3v) is 3.95. The van der Waals surface area contributed by atoms with Crippen LogP contribution in [0.2, 0.25) is 0 Å². The van der Waals surface area contributed by atoms with E-state index in [4.69, 9.17) is 0 Å². The molecule has 2 aromatic rings. The Balaban J connectivity index is 2.08. The van der Waals surface area contributed by atoms with Gasteiger partial charge in [-0.25, -0.2) is 4.79 Å². The van der Waals surface area contributed by atoms with E-state index >= 15 is 0 Å². The topological polar surface area (TPSA) is 70.2 Å². The van der Waals surface area contributed by atoms with E-state index in [1.165, 1.54) is 0 Å². The van der Waals surface area contributed by atoms with Crippen LogP contribution in [0.5, 0.6) is 0 Å².